The summed E-state index contributed by atoms with van der Waals surface area (Å²) in [6, 6.07) is 13.4. The van der Waals surface area contributed by atoms with E-state index in [2.05, 4.69) is 38.4 Å². The van der Waals surface area contributed by atoms with E-state index in [9.17, 15) is 16.8 Å². The number of halogens is 2. The second-order valence-corrected chi connectivity index (χ2v) is 14.3. The minimum atomic E-state index is -3.79. The number of hydrogen-bond acceptors (Lipinski definition) is 4. The summed E-state index contributed by atoms with van der Waals surface area (Å²) in [7, 11) is -7.58. The van der Waals surface area contributed by atoms with Crippen LogP contribution >= 0.6 is 31.9 Å². The molecule has 0 amide bonds. The van der Waals surface area contributed by atoms with E-state index in [1.54, 1.807) is 48.5 Å². The third-order valence-corrected chi connectivity index (χ3v) is 11.5. The van der Waals surface area contributed by atoms with E-state index in [0.717, 1.165) is 11.1 Å². The van der Waals surface area contributed by atoms with E-state index >= 15 is 0 Å². The van der Waals surface area contributed by atoms with Crippen LogP contribution in [0.15, 0.2) is 70.5 Å². The van der Waals surface area contributed by atoms with Gasteiger partial charge in [0, 0.05) is 31.5 Å². The maximum Gasteiger partial charge on any atom is 0.243 e. The Kier molecular flexibility index (Phi) is 7.73. The Morgan fingerprint density at radius 1 is 0.812 bits per heavy atom. The van der Waals surface area contributed by atoms with E-state index in [4.69, 9.17) is 0 Å². The number of rotatable bonds is 5. The molecular formula is C22H26Br2N2O4S2. The first-order chi connectivity index (χ1) is 14.9. The van der Waals surface area contributed by atoms with Gasteiger partial charge in [-0.3, -0.25) is 0 Å². The molecule has 2 aromatic carbocycles. The number of benzene rings is 2. The van der Waals surface area contributed by atoms with Crippen molar-refractivity contribution in [2.75, 3.05) is 31.5 Å². The lowest BCUT2D eigenvalue weighted by Crippen LogP contribution is -2.54. The van der Waals surface area contributed by atoms with Gasteiger partial charge in [-0.25, -0.2) is 16.8 Å². The smallest absolute Gasteiger partial charge is 0.207 e. The van der Waals surface area contributed by atoms with Gasteiger partial charge in [0.2, 0.25) is 20.0 Å². The van der Waals surface area contributed by atoms with Crippen molar-refractivity contribution in [3.8, 4) is 0 Å². The first kappa shape index (κ1) is 25.6. The highest BCUT2D eigenvalue weighted by Crippen LogP contribution is 2.32. The molecule has 1 aliphatic heterocycles. The molecule has 0 unspecified atom stereocenters. The van der Waals surface area contributed by atoms with Crippen LogP contribution in [0.5, 0.6) is 0 Å². The average molecular weight is 606 g/mol. The summed E-state index contributed by atoms with van der Waals surface area (Å²) in [5.74, 6) is 0. The first-order valence-corrected chi connectivity index (χ1v) is 14.7. The van der Waals surface area contributed by atoms with E-state index in [1.807, 2.05) is 13.8 Å². The van der Waals surface area contributed by atoms with Gasteiger partial charge in [0.1, 0.15) is 0 Å². The molecule has 0 N–H and O–H groups in total. The lowest BCUT2D eigenvalue weighted by atomic mass is 10.1. The Bertz CT molecular complexity index is 1110. The number of hydrogen-bond donors (Lipinski definition) is 0. The van der Waals surface area contributed by atoms with Crippen LogP contribution in [-0.4, -0.2) is 61.3 Å². The number of alkyl halides is 2. The lowest BCUT2D eigenvalue weighted by Gasteiger charge is -2.39. The molecule has 3 rings (SSSR count). The Labute approximate surface area is 207 Å². The Hall–Kier alpha value is -1.04. The van der Waals surface area contributed by atoms with Crippen LogP contribution in [0, 0.1) is 13.8 Å². The molecule has 174 valence electrons. The number of aryl methyl sites for hydroxylation is 2. The summed E-state index contributed by atoms with van der Waals surface area (Å²) in [5.41, 5.74) is 2.43. The SMILES string of the molecule is C=C1CN(S(=O)(=O)c2ccc(C)cc2)CC(Br)(CBr)CN(S(=O)(=O)c2ccc(C)cc2)C1. The zero-order chi connectivity index (χ0) is 23.7. The molecule has 10 heteroatoms. The molecular weight excluding hydrogens is 580 g/mol. The molecule has 2 aromatic rings. The molecule has 1 aliphatic rings. The van der Waals surface area contributed by atoms with Gasteiger partial charge in [0.05, 0.1) is 14.1 Å². The third kappa shape index (κ3) is 5.53. The van der Waals surface area contributed by atoms with Gasteiger partial charge >= 0.3 is 0 Å². The van der Waals surface area contributed by atoms with Crippen LogP contribution in [0.1, 0.15) is 11.1 Å². The quantitative estimate of drug-likeness (QED) is 0.380. The maximum absolute atomic E-state index is 13.4. The van der Waals surface area contributed by atoms with Crippen LogP contribution in [-0.2, 0) is 20.0 Å². The Morgan fingerprint density at radius 2 is 1.16 bits per heavy atom. The number of sulfonamides is 2. The molecule has 0 bridgehead atoms. The molecule has 0 aliphatic carbocycles. The van der Waals surface area contributed by atoms with Crippen LogP contribution < -0.4 is 0 Å². The molecule has 1 saturated heterocycles. The normalized spacial score (nSPS) is 18.8. The van der Waals surface area contributed by atoms with Crippen LogP contribution in [0.4, 0.5) is 0 Å². The summed E-state index contributed by atoms with van der Waals surface area (Å²) >= 11 is 7.10. The summed E-state index contributed by atoms with van der Waals surface area (Å²) < 4.78 is 55.3. The standard InChI is InChI=1S/C22H26Br2N2O4S2/c1-17-4-8-20(9-5-17)31(27,28)25-12-19(3)13-26(16-22(24,14-23)15-25)32(29,30)21-10-6-18(2)7-11-21/h4-11H,3,12-16H2,1-2H3. The maximum atomic E-state index is 13.4. The topological polar surface area (TPSA) is 74.8 Å². The van der Waals surface area contributed by atoms with Crippen LogP contribution in [0.3, 0.4) is 0 Å². The fourth-order valence-electron chi connectivity index (χ4n) is 3.49. The van der Waals surface area contributed by atoms with E-state index in [-0.39, 0.29) is 36.0 Å². The van der Waals surface area contributed by atoms with Gasteiger partial charge in [-0.1, -0.05) is 73.8 Å². The lowest BCUT2D eigenvalue weighted by molar-refractivity contribution is 0.317. The highest BCUT2D eigenvalue weighted by molar-refractivity contribution is 9.12. The summed E-state index contributed by atoms with van der Waals surface area (Å²) in [5, 5.41) is 0.353. The molecule has 0 spiro atoms. The van der Waals surface area contributed by atoms with E-state index in [0.29, 0.717) is 10.9 Å². The van der Waals surface area contributed by atoms with Crippen molar-refractivity contribution >= 4 is 51.9 Å². The first-order valence-electron chi connectivity index (χ1n) is 9.93. The highest BCUT2D eigenvalue weighted by Gasteiger charge is 2.41. The minimum absolute atomic E-state index is 0.0243. The second kappa shape index (κ2) is 9.68. The van der Waals surface area contributed by atoms with Gasteiger partial charge in [-0.2, -0.15) is 8.61 Å². The fourth-order valence-corrected chi connectivity index (χ4v) is 7.87. The zero-order valence-corrected chi connectivity index (χ0v) is 22.8. The predicted octanol–water partition coefficient (Wildman–Crippen LogP) is 4.08. The van der Waals surface area contributed by atoms with Gasteiger partial charge in [-0.15, -0.1) is 0 Å². The fraction of sp³-hybridized carbons (Fsp3) is 0.364. The predicted molar refractivity (Wildman–Crippen MR) is 134 cm³/mol. The average Bonchev–Trinajstić information content (AvgIpc) is 2.72. The number of nitrogens with zero attached hydrogens (tertiary/aromatic N) is 2. The minimum Gasteiger partial charge on any atom is -0.207 e. The van der Waals surface area contributed by atoms with Crippen molar-refractivity contribution in [3.05, 3.63) is 71.8 Å². The van der Waals surface area contributed by atoms with E-state index < -0.39 is 24.4 Å². The molecule has 1 heterocycles. The Morgan fingerprint density at radius 3 is 1.47 bits per heavy atom. The molecule has 0 atom stereocenters. The Balaban J connectivity index is 1.95. The van der Waals surface area contributed by atoms with Crippen LogP contribution in [0.2, 0.25) is 0 Å². The second-order valence-electron chi connectivity index (χ2n) is 8.21. The van der Waals surface area contributed by atoms with Crippen LogP contribution in [0.25, 0.3) is 0 Å². The van der Waals surface area contributed by atoms with Crippen molar-refractivity contribution in [3.63, 3.8) is 0 Å². The van der Waals surface area contributed by atoms with Crippen molar-refractivity contribution < 1.29 is 16.8 Å². The van der Waals surface area contributed by atoms with Crippen molar-refractivity contribution in [1.29, 1.82) is 0 Å². The summed E-state index contributed by atoms with van der Waals surface area (Å²) in [4.78, 5) is 0.398. The molecule has 0 aromatic heterocycles. The molecule has 6 nitrogen and oxygen atoms in total. The highest BCUT2D eigenvalue weighted by atomic mass is 79.9. The molecule has 0 radical (unpaired) electrons. The molecule has 32 heavy (non-hydrogen) atoms. The zero-order valence-electron chi connectivity index (χ0n) is 18.0. The van der Waals surface area contributed by atoms with Gasteiger partial charge in [0.15, 0.2) is 0 Å². The largest absolute Gasteiger partial charge is 0.243 e. The summed E-state index contributed by atoms with van der Waals surface area (Å²) in [6.07, 6.45) is 0. The molecule has 0 saturated carbocycles. The molecule has 1 fully saturated rings. The van der Waals surface area contributed by atoms with Gasteiger partial charge in [-0.05, 0) is 43.7 Å². The monoisotopic (exact) mass is 604 g/mol. The van der Waals surface area contributed by atoms with Crippen molar-refractivity contribution in [2.45, 2.75) is 28.0 Å². The summed E-state index contributed by atoms with van der Waals surface area (Å²) in [6.45, 7) is 7.98. The van der Waals surface area contributed by atoms with Crippen molar-refractivity contribution in [2.24, 2.45) is 0 Å². The van der Waals surface area contributed by atoms with Gasteiger partial charge in [0.25, 0.3) is 0 Å². The third-order valence-electron chi connectivity index (χ3n) is 5.28. The van der Waals surface area contributed by atoms with Gasteiger partial charge < -0.3 is 0 Å². The van der Waals surface area contributed by atoms with E-state index in [1.165, 1.54) is 8.61 Å². The van der Waals surface area contributed by atoms with Crippen molar-refractivity contribution in [1.82, 2.24) is 8.61 Å².